The summed E-state index contributed by atoms with van der Waals surface area (Å²) in [6, 6.07) is 10.6. The Labute approximate surface area is 249 Å². The Hall–Kier alpha value is -3.17. The largest absolute Gasteiger partial charge is 0.444 e. The number of nitrogens with two attached hydrogens (primary N) is 1. The molecule has 41 heavy (non-hydrogen) atoms. The van der Waals surface area contributed by atoms with Gasteiger partial charge in [-0.15, -0.1) is 11.3 Å². The molecule has 3 N–H and O–H groups in total. The minimum atomic E-state index is -0.488. The van der Waals surface area contributed by atoms with Crippen LogP contribution >= 0.6 is 11.3 Å². The Kier molecular flexibility index (Phi) is 12.0. The van der Waals surface area contributed by atoms with Crippen molar-refractivity contribution in [2.75, 3.05) is 27.2 Å². The van der Waals surface area contributed by atoms with Crippen LogP contribution in [0.1, 0.15) is 80.7 Å². The molecule has 0 fully saturated rings. The quantitative estimate of drug-likeness (QED) is 0.272. The third kappa shape index (κ3) is 11.0. The van der Waals surface area contributed by atoms with Crippen molar-refractivity contribution in [3.05, 3.63) is 56.8 Å². The summed E-state index contributed by atoms with van der Waals surface area (Å²) in [6.45, 7) is 10.4. The molecule has 2 aromatic rings. The van der Waals surface area contributed by atoms with E-state index in [9.17, 15) is 9.59 Å². The maximum absolute atomic E-state index is 13.7. The number of carbonyl (C=O) groups excluding carboxylic acids is 2. The molecule has 0 saturated heterocycles. The predicted molar refractivity (Wildman–Crippen MR) is 170 cm³/mol. The number of thiophene rings is 1. The predicted octanol–water partition coefficient (Wildman–Crippen LogP) is 6.26. The van der Waals surface area contributed by atoms with E-state index in [0.717, 1.165) is 54.8 Å². The van der Waals surface area contributed by atoms with Gasteiger partial charge in [-0.05, 0) is 83.8 Å². The molecular formula is C32H47N5O3S. The Bertz CT molecular complexity index is 1220. The van der Waals surface area contributed by atoms with Gasteiger partial charge in [0, 0.05) is 43.1 Å². The lowest BCUT2D eigenvalue weighted by Crippen LogP contribution is -2.33. The molecule has 0 unspecified atom stereocenters. The zero-order valence-corrected chi connectivity index (χ0v) is 26.4. The van der Waals surface area contributed by atoms with E-state index in [2.05, 4.69) is 66.6 Å². The summed E-state index contributed by atoms with van der Waals surface area (Å²) in [7, 11) is 4.11. The van der Waals surface area contributed by atoms with Crippen LogP contribution in [0, 0.1) is 0 Å². The van der Waals surface area contributed by atoms with Gasteiger partial charge >= 0.3 is 6.09 Å². The maximum Gasteiger partial charge on any atom is 0.407 e. The Morgan fingerprint density at radius 1 is 1.07 bits per heavy atom. The molecule has 0 saturated carbocycles. The van der Waals surface area contributed by atoms with Crippen molar-refractivity contribution in [1.82, 2.24) is 15.1 Å². The van der Waals surface area contributed by atoms with Crippen LogP contribution in [-0.4, -0.2) is 60.4 Å². The van der Waals surface area contributed by atoms with Crippen molar-refractivity contribution in [1.29, 1.82) is 0 Å². The zero-order valence-electron chi connectivity index (χ0n) is 25.6. The third-order valence-corrected chi connectivity index (χ3v) is 7.58. The number of rotatable bonds is 13. The second-order valence-corrected chi connectivity index (χ2v) is 13.1. The number of aryl methyl sites for hydroxylation is 1. The van der Waals surface area contributed by atoms with Crippen molar-refractivity contribution in [2.45, 2.75) is 84.9 Å². The van der Waals surface area contributed by atoms with E-state index in [1.165, 1.54) is 10.4 Å². The van der Waals surface area contributed by atoms with Gasteiger partial charge < -0.3 is 25.6 Å². The van der Waals surface area contributed by atoms with E-state index in [1.807, 2.05) is 31.7 Å². The van der Waals surface area contributed by atoms with Gasteiger partial charge in [-0.2, -0.15) is 0 Å². The van der Waals surface area contributed by atoms with Gasteiger partial charge in [-0.3, -0.25) is 4.79 Å². The first kappa shape index (κ1) is 32.3. The summed E-state index contributed by atoms with van der Waals surface area (Å²) in [5.41, 5.74) is 9.69. The summed E-state index contributed by atoms with van der Waals surface area (Å²) >= 11 is 1.68. The average Bonchev–Trinajstić information content (AvgIpc) is 3.17. The van der Waals surface area contributed by atoms with E-state index in [4.69, 9.17) is 10.5 Å². The van der Waals surface area contributed by atoms with Gasteiger partial charge in [0.1, 0.15) is 11.4 Å². The summed E-state index contributed by atoms with van der Waals surface area (Å²) in [4.78, 5) is 36.4. The number of carbonyl (C=O) groups is 2. The van der Waals surface area contributed by atoms with Crippen LogP contribution in [0.5, 0.6) is 0 Å². The SMILES string of the molecule is CCCN(Cc1ccc(CN(C)C)cc1)C(=O)C1=Cc2sc(CCCCCNC(=O)OC(C)(C)C)cc2N=C(N)C1. The Morgan fingerprint density at radius 2 is 1.76 bits per heavy atom. The minimum Gasteiger partial charge on any atom is -0.444 e. The van der Waals surface area contributed by atoms with E-state index in [0.29, 0.717) is 37.5 Å². The second-order valence-electron chi connectivity index (χ2n) is 11.9. The maximum atomic E-state index is 13.7. The number of alkyl carbamates (subject to hydrolysis) is 1. The van der Waals surface area contributed by atoms with Gasteiger partial charge in [0.25, 0.3) is 5.91 Å². The summed E-state index contributed by atoms with van der Waals surface area (Å²) in [5, 5.41) is 2.81. The van der Waals surface area contributed by atoms with Gasteiger partial charge in [-0.1, -0.05) is 37.6 Å². The zero-order chi connectivity index (χ0) is 30.0. The lowest BCUT2D eigenvalue weighted by atomic mass is 10.1. The van der Waals surface area contributed by atoms with E-state index < -0.39 is 5.60 Å². The van der Waals surface area contributed by atoms with Crippen LogP contribution in [0.25, 0.3) is 6.08 Å². The van der Waals surface area contributed by atoms with Gasteiger partial charge in [0.15, 0.2) is 0 Å². The summed E-state index contributed by atoms with van der Waals surface area (Å²) < 4.78 is 5.27. The van der Waals surface area contributed by atoms with Gasteiger partial charge in [0.2, 0.25) is 0 Å². The number of fused-ring (bicyclic) bond motifs is 1. The van der Waals surface area contributed by atoms with Crippen LogP contribution in [0.4, 0.5) is 10.5 Å². The number of amidine groups is 1. The first-order chi connectivity index (χ1) is 19.4. The van der Waals surface area contributed by atoms with Gasteiger partial charge in [0.05, 0.1) is 10.6 Å². The fourth-order valence-electron chi connectivity index (χ4n) is 4.66. The number of benzene rings is 1. The molecule has 9 heteroatoms. The second kappa shape index (κ2) is 15.2. The average molecular weight is 582 g/mol. The Balaban J connectivity index is 1.60. The molecule has 3 rings (SSSR count). The molecule has 0 aliphatic carbocycles. The monoisotopic (exact) mass is 581 g/mol. The van der Waals surface area contributed by atoms with E-state index in [-0.39, 0.29) is 12.0 Å². The van der Waals surface area contributed by atoms with Crippen LogP contribution in [0.15, 0.2) is 40.9 Å². The van der Waals surface area contributed by atoms with Gasteiger partial charge in [-0.25, -0.2) is 9.79 Å². The number of nitrogens with zero attached hydrogens (tertiary/aromatic N) is 3. The van der Waals surface area contributed by atoms with E-state index >= 15 is 0 Å². The van der Waals surface area contributed by atoms with Crippen molar-refractivity contribution in [3.63, 3.8) is 0 Å². The summed E-state index contributed by atoms with van der Waals surface area (Å²) in [6.07, 6.45) is 6.64. The first-order valence-electron chi connectivity index (χ1n) is 14.6. The Morgan fingerprint density at radius 3 is 2.39 bits per heavy atom. The highest BCUT2D eigenvalue weighted by Crippen LogP contribution is 2.35. The number of nitrogens with one attached hydrogen (secondary N) is 1. The number of ether oxygens (including phenoxy) is 1. The van der Waals surface area contributed by atoms with Crippen LogP contribution in [-0.2, 0) is 29.0 Å². The molecule has 2 amide bonds. The normalized spacial score (nSPS) is 13.2. The minimum absolute atomic E-state index is 0.0163. The third-order valence-electron chi connectivity index (χ3n) is 6.45. The fourth-order valence-corrected chi connectivity index (χ4v) is 5.77. The molecule has 1 aromatic heterocycles. The number of hydrogen-bond donors (Lipinski definition) is 2. The molecule has 224 valence electrons. The molecule has 0 atom stereocenters. The van der Waals surface area contributed by atoms with Crippen LogP contribution in [0.2, 0.25) is 0 Å². The van der Waals surface area contributed by atoms with Crippen LogP contribution in [0.3, 0.4) is 0 Å². The molecular weight excluding hydrogens is 534 g/mol. The highest BCUT2D eigenvalue weighted by atomic mass is 32.1. The standard InChI is InChI=1S/C32H47N5O3S/c1-7-17-37(22-24-14-12-23(13-15-24)21-36(5)6)30(38)25-18-28-27(35-29(33)19-25)20-26(41-28)11-9-8-10-16-34-31(39)40-32(2,3)4/h12-15,18,20H,7-11,16-17,19,21-22H2,1-6H3,(H2,33,35)(H,34,39). The molecule has 1 aliphatic rings. The summed E-state index contributed by atoms with van der Waals surface area (Å²) in [5.74, 6) is 0.480. The highest BCUT2D eigenvalue weighted by molar-refractivity contribution is 7.13. The van der Waals surface area contributed by atoms with Crippen molar-refractivity contribution in [3.8, 4) is 0 Å². The highest BCUT2D eigenvalue weighted by Gasteiger charge is 2.23. The lowest BCUT2D eigenvalue weighted by molar-refractivity contribution is -0.127. The first-order valence-corrected chi connectivity index (χ1v) is 15.4. The molecule has 8 nitrogen and oxygen atoms in total. The molecule has 0 spiro atoms. The molecule has 0 radical (unpaired) electrons. The number of aliphatic imine (C=N–C) groups is 1. The van der Waals surface area contributed by atoms with E-state index in [1.54, 1.807) is 11.3 Å². The molecule has 1 aliphatic heterocycles. The fraction of sp³-hybridized carbons (Fsp3) is 0.531. The lowest BCUT2D eigenvalue weighted by Gasteiger charge is -2.24. The van der Waals surface area contributed by atoms with Crippen molar-refractivity contribution < 1.29 is 14.3 Å². The van der Waals surface area contributed by atoms with Crippen LogP contribution < -0.4 is 11.1 Å². The number of unbranched alkanes of at least 4 members (excludes halogenated alkanes) is 2. The topological polar surface area (TPSA) is 100 Å². The molecule has 2 heterocycles. The number of amides is 2. The molecule has 1 aromatic carbocycles. The number of hydrogen-bond acceptors (Lipinski definition) is 7. The smallest absolute Gasteiger partial charge is 0.407 e. The van der Waals surface area contributed by atoms with Crippen molar-refractivity contribution in [2.24, 2.45) is 10.7 Å². The molecule has 0 bridgehead atoms. The van der Waals surface area contributed by atoms with Crippen molar-refractivity contribution >= 4 is 40.9 Å².